The second kappa shape index (κ2) is 8.12. The minimum absolute atomic E-state index is 0.135. The Bertz CT molecular complexity index is 863. The molecule has 1 amide bonds. The van der Waals surface area contributed by atoms with E-state index < -0.39 is 29.1 Å². The highest BCUT2D eigenvalue weighted by atomic mass is 19.4. The molecule has 0 spiro atoms. The number of amides is 1. The zero-order valence-corrected chi connectivity index (χ0v) is 15.6. The summed E-state index contributed by atoms with van der Waals surface area (Å²) in [6.45, 7) is 0.486. The van der Waals surface area contributed by atoms with Crippen molar-refractivity contribution in [3.8, 4) is 0 Å². The Morgan fingerprint density at radius 3 is 2.31 bits per heavy atom. The lowest BCUT2D eigenvalue weighted by Gasteiger charge is -2.43. The van der Waals surface area contributed by atoms with Gasteiger partial charge in [0.15, 0.2) is 0 Å². The van der Waals surface area contributed by atoms with Crippen LogP contribution in [-0.2, 0) is 6.18 Å². The van der Waals surface area contributed by atoms with Gasteiger partial charge in [-0.05, 0) is 36.6 Å². The topological polar surface area (TPSA) is 66.6 Å². The fourth-order valence-electron chi connectivity index (χ4n) is 3.86. The van der Waals surface area contributed by atoms with E-state index in [1.807, 2.05) is 30.3 Å². The van der Waals surface area contributed by atoms with Crippen molar-refractivity contribution in [2.24, 2.45) is 5.73 Å². The Hall–Kier alpha value is -2.45. The first-order chi connectivity index (χ1) is 13.6. The molecule has 1 atom stereocenters. The van der Waals surface area contributed by atoms with Crippen LogP contribution in [0, 0.1) is 5.82 Å². The molecular weight excluding hydrogens is 388 g/mol. The van der Waals surface area contributed by atoms with Crippen LogP contribution in [0.2, 0.25) is 0 Å². The van der Waals surface area contributed by atoms with E-state index in [0.717, 1.165) is 11.6 Å². The lowest BCUT2D eigenvalue weighted by atomic mass is 9.76. The average molecular weight is 410 g/mol. The molecule has 1 unspecified atom stereocenters. The van der Waals surface area contributed by atoms with E-state index in [2.05, 4.69) is 0 Å². The highest BCUT2D eigenvalue weighted by molar-refractivity contribution is 5.94. The molecule has 1 fully saturated rings. The summed E-state index contributed by atoms with van der Waals surface area (Å²) >= 11 is 0. The number of likely N-dealkylation sites (tertiary alicyclic amines) is 1. The minimum atomic E-state index is -4.75. The predicted molar refractivity (Wildman–Crippen MR) is 99.7 cm³/mol. The maximum Gasteiger partial charge on any atom is 0.416 e. The number of nitrogens with zero attached hydrogens (tertiary/aromatic N) is 1. The van der Waals surface area contributed by atoms with Gasteiger partial charge in [-0.3, -0.25) is 4.79 Å². The second-order valence-electron chi connectivity index (χ2n) is 7.32. The van der Waals surface area contributed by atoms with Crippen molar-refractivity contribution in [1.82, 2.24) is 4.90 Å². The van der Waals surface area contributed by atoms with Crippen LogP contribution >= 0.6 is 0 Å². The van der Waals surface area contributed by atoms with Crippen molar-refractivity contribution in [1.29, 1.82) is 0 Å². The van der Waals surface area contributed by atoms with E-state index in [1.165, 1.54) is 4.90 Å². The third-order valence-electron chi connectivity index (χ3n) is 5.47. The summed E-state index contributed by atoms with van der Waals surface area (Å²) in [6.07, 6.45) is -4.31. The quantitative estimate of drug-likeness (QED) is 0.758. The first kappa shape index (κ1) is 21.3. The molecule has 1 aliphatic rings. The van der Waals surface area contributed by atoms with Crippen molar-refractivity contribution in [2.45, 2.75) is 30.5 Å². The molecule has 2 aromatic rings. The first-order valence-corrected chi connectivity index (χ1v) is 9.28. The Kier molecular flexibility index (Phi) is 5.95. The SMILES string of the molecule is NCC(c1ccccc1)C1(O)CCN(C(=O)c2cc(F)cc(C(F)(F)F)c2)CC1. The third-order valence-corrected chi connectivity index (χ3v) is 5.47. The summed E-state index contributed by atoms with van der Waals surface area (Å²) in [5.74, 6) is -2.14. The smallest absolute Gasteiger partial charge is 0.389 e. The molecule has 3 rings (SSSR count). The van der Waals surface area contributed by atoms with Crippen molar-refractivity contribution in [3.63, 3.8) is 0 Å². The van der Waals surface area contributed by atoms with Gasteiger partial charge in [0.1, 0.15) is 5.82 Å². The molecule has 2 aromatic carbocycles. The lowest BCUT2D eigenvalue weighted by Crippen LogP contribution is -2.51. The molecule has 29 heavy (non-hydrogen) atoms. The average Bonchev–Trinajstić information content (AvgIpc) is 2.68. The van der Waals surface area contributed by atoms with Gasteiger partial charge in [-0.1, -0.05) is 30.3 Å². The molecule has 0 aromatic heterocycles. The van der Waals surface area contributed by atoms with Crippen LogP contribution in [0.25, 0.3) is 0 Å². The van der Waals surface area contributed by atoms with E-state index in [4.69, 9.17) is 5.73 Å². The molecule has 3 N–H and O–H groups in total. The van der Waals surface area contributed by atoms with Crippen molar-refractivity contribution >= 4 is 5.91 Å². The molecule has 0 aliphatic carbocycles. The normalized spacial score (nSPS) is 17.8. The molecule has 156 valence electrons. The number of rotatable bonds is 4. The van der Waals surface area contributed by atoms with E-state index >= 15 is 0 Å². The van der Waals surface area contributed by atoms with Gasteiger partial charge in [0.05, 0.1) is 11.2 Å². The van der Waals surface area contributed by atoms with Crippen molar-refractivity contribution in [3.05, 3.63) is 71.0 Å². The van der Waals surface area contributed by atoms with Gasteiger partial charge in [0.25, 0.3) is 5.91 Å². The van der Waals surface area contributed by atoms with E-state index in [1.54, 1.807) is 0 Å². The number of piperidine rings is 1. The maximum absolute atomic E-state index is 13.6. The van der Waals surface area contributed by atoms with E-state index in [9.17, 15) is 27.5 Å². The van der Waals surface area contributed by atoms with Crippen LogP contribution in [0.15, 0.2) is 48.5 Å². The molecule has 1 heterocycles. The van der Waals surface area contributed by atoms with Gasteiger partial charge in [-0.25, -0.2) is 4.39 Å². The van der Waals surface area contributed by atoms with Gasteiger partial charge in [-0.2, -0.15) is 13.2 Å². The first-order valence-electron chi connectivity index (χ1n) is 9.28. The number of benzene rings is 2. The number of halogens is 4. The monoisotopic (exact) mass is 410 g/mol. The largest absolute Gasteiger partial charge is 0.416 e. The van der Waals surface area contributed by atoms with Crippen molar-refractivity contribution < 1.29 is 27.5 Å². The van der Waals surface area contributed by atoms with Crippen LogP contribution in [0.5, 0.6) is 0 Å². The number of hydrogen-bond acceptors (Lipinski definition) is 3. The molecule has 1 saturated heterocycles. The summed E-state index contributed by atoms with van der Waals surface area (Å²) in [5.41, 5.74) is 4.08. The Morgan fingerprint density at radius 2 is 1.76 bits per heavy atom. The van der Waals surface area contributed by atoms with Gasteiger partial charge in [-0.15, -0.1) is 0 Å². The fraction of sp³-hybridized carbons (Fsp3) is 0.381. The standard InChI is InChI=1S/C21H22F4N2O2/c22-17-11-15(10-16(12-17)21(23,24)25)19(28)27-8-6-20(29,7-9-27)18(13-26)14-4-2-1-3-5-14/h1-5,10-12,18,29H,6-9,13,26H2. The van der Waals surface area contributed by atoms with Crippen molar-refractivity contribution in [2.75, 3.05) is 19.6 Å². The predicted octanol–water partition coefficient (Wildman–Crippen LogP) is 3.55. The number of nitrogens with two attached hydrogens (primary N) is 1. The van der Waals surface area contributed by atoms with Crippen LogP contribution < -0.4 is 5.73 Å². The highest BCUT2D eigenvalue weighted by Gasteiger charge is 2.41. The summed E-state index contributed by atoms with van der Waals surface area (Å²) in [5, 5.41) is 11.1. The zero-order chi connectivity index (χ0) is 21.2. The fourth-order valence-corrected chi connectivity index (χ4v) is 3.86. The van der Waals surface area contributed by atoms with Gasteiger partial charge in [0, 0.05) is 31.1 Å². The van der Waals surface area contributed by atoms with E-state index in [0.29, 0.717) is 12.1 Å². The third kappa shape index (κ3) is 4.59. The number of carbonyl (C=O) groups is 1. The van der Waals surface area contributed by atoms with Crippen LogP contribution in [0.3, 0.4) is 0 Å². The minimum Gasteiger partial charge on any atom is -0.389 e. The molecule has 0 radical (unpaired) electrons. The molecule has 4 nitrogen and oxygen atoms in total. The molecule has 0 bridgehead atoms. The van der Waals surface area contributed by atoms with Gasteiger partial charge >= 0.3 is 6.18 Å². The van der Waals surface area contributed by atoms with Crippen LogP contribution in [0.4, 0.5) is 17.6 Å². The number of aliphatic hydroxyl groups is 1. The summed E-state index contributed by atoms with van der Waals surface area (Å²) in [7, 11) is 0. The Balaban J connectivity index is 1.75. The zero-order valence-electron chi connectivity index (χ0n) is 15.6. The number of carbonyl (C=O) groups excluding carboxylic acids is 1. The van der Waals surface area contributed by atoms with Gasteiger partial charge in [0.2, 0.25) is 0 Å². The van der Waals surface area contributed by atoms with Crippen LogP contribution in [0.1, 0.15) is 40.2 Å². The summed E-state index contributed by atoms with van der Waals surface area (Å²) in [4.78, 5) is 14.0. The van der Waals surface area contributed by atoms with Gasteiger partial charge < -0.3 is 15.7 Å². The second-order valence-corrected chi connectivity index (χ2v) is 7.32. The Labute approximate surface area is 165 Å². The lowest BCUT2D eigenvalue weighted by molar-refractivity contribution is -0.137. The van der Waals surface area contributed by atoms with E-state index in [-0.39, 0.29) is 44.0 Å². The Morgan fingerprint density at radius 1 is 1.14 bits per heavy atom. The highest BCUT2D eigenvalue weighted by Crippen LogP contribution is 2.37. The molecule has 0 saturated carbocycles. The number of alkyl halides is 3. The van der Waals surface area contributed by atoms with Crippen LogP contribution in [-0.4, -0.2) is 41.1 Å². The maximum atomic E-state index is 13.6. The summed E-state index contributed by atoms with van der Waals surface area (Å²) < 4.78 is 52.3. The molecule has 8 heteroatoms. The molecular formula is C21H22F4N2O2. The molecule has 1 aliphatic heterocycles. The summed E-state index contributed by atoms with van der Waals surface area (Å²) in [6, 6.07) is 11.1. The number of hydrogen-bond donors (Lipinski definition) is 2.